The van der Waals surface area contributed by atoms with Crippen LogP contribution < -0.4 is 14.8 Å². The zero-order valence-electron chi connectivity index (χ0n) is 24.4. The molecule has 0 bridgehead atoms. The second-order valence-electron chi connectivity index (χ2n) is 12.0. The Kier molecular flexibility index (Phi) is 8.60. The summed E-state index contributed by atoms with van der Waals surface area (Å²) >= 11 is 3.51. The summed E-state index contributed by atoms with van der Waals surface area (Å²) in [7, 11) is 0. The SMILES string of the molecule is C=C(NC(C)C)Oc1ccc2c(c1)/C(=C/CCN1CC[C@](O)(c3ccc(Br)cc3)C(C)(C)C1)c1cccnc1CO2. The number of hydrogen-bond acceptors (Lipinski definition) is 6. The smallest absolute Gasteiger partial charge is 0.186 e. The van der Waals surface area contributed by atoms with Gasteiger partial charge in [0.1, 0.15) is 18.1 Å². The molecule has 3 aromatic rings. The molecule has 1 fully saturated rings. The number of nitrogens with one attached hydrogen (secondary N) is 1. The van der Waals surface area contributed by atoms with Gasteiger partial charge >= 0.3 is 0 Å². The topological polar surface area (TPSA) is 66.9 Å². The van der Waals surface area contributed by atoms with Gasteiger partial charge in [-0.15, -0.1) is 0 Å². The number of fused-ring (bicyclic) bond motifs is 2. The van der Waals surface area contributed by atoms with E-state index in [9.17, 15) is 5.11 Å². The van der Waals surface area contributed by atoms with Crippen LogP contribution in [0.5, 0.6) is 11.5 Å². The summed E-state index contributed by atoms with van der Waals surface area (Å²) in [5.74, 6) is 2.02. The van der Waals surface area contributed by atoms with Gasteiger partial charge in [0.15, 0.2) is 5.88 Å². The Balaban J connectivity index is 1.36. The molecule has 41 heavy (non-hydrogen) atoms. The second kappa shape index (κ2) is 12.0. The normalized spacial score (nSPS) is 21.0. The quantitative estimate of drug-likeness (QED) is 0.265. The van der Waals surface area contributed by atoms with Gasteiger partial charge in [-0.25, -0.2) is 0 Å². The Bertz CT molecular complexity index is 1430. The molecular weight excluding hydrogens is 578 g/mol. The molecule has 1 aromatic heterocycles. The maximum Gasteiger partial charge on any atom is 0.186 e. The van der Waals surface area contributed by atoms with Crippen molar-refractivity contribution in [2.45, 2.75) is 58.8 Å². The predicted octanol–water partition coefficient (Wildman–Crippen LogP) is 7.03. The van der Waals surface area contributed by atoms with Gasteiger partial charge in [-0.2, -0.15) is 0 Å². The number of nitrogens with zero attached hydrogens (tertiary/aromatic N) is 2. The van der Waals surface area contributed by atoms with Crippen molar-refractivity contribution in [2.24, 2.45) is 5.41 Å². The van der Waals surface area contributed by atoms with Crippen molar-refractivity contribution in [3.05, 3.63) is 106 Å². The summed E-state index contributed by atoms with van der Waals surface area (Å²) in [6.07, 6.45) is 5.65. The van der Waals surface area contributed by atoms with Gasteiger partial charge in [-0.05, 0) is 80.8 Å². The number of rotatable bonds is 8. The Labute approximate surface area is 252 Å². The van der Waals surface area contributed by atoms with Gasteiger partial charge < -0.3 is 24.8 Å². The van der Waals surface area contributed by atoms with Crippen molar-refractivity contribution in [3.63, 3.8) is 0 Å². The third kappa shape index (κ3) is 6.37. The lowest BCUT2D eigenvalue weighted by Gasteiger charge is -2.50. The lowest BCUT2D eigenvalue weighted by atomic mass is 9.66. The standard InChI is InChI=1S/C34H40BrN3O3/c1-23(2)37-24(3)41-27-14-15-32-30(20-27)28(29-8-6-17-36-31(29)21-40-32)9-7-18-38-19-16-34(39,33(4,5)22-38)25-10-12-26(35)13-11-25/h6,8-15,17,20,23,37,39H,3,7,16,18-19,21-22H2,1-2,4-5H3/b28-9+/t34-/m0/s1. The Morgan fingerprint density at radius 2 is 1.98 bits per heavy atom. The van der Waals surface area contributed by atoms with Crippen LogP contribution >= 0.6 is 15.9 Å². The van der Waals surface area contributed by atoms with Crippen molar-refractivity contribution in [1.82, 2.24) is 15.2 Å². The molecule has 0 amide bonds. The first kappa shape index (κ1) is 29.4. The number of hydrogen-bond donors (Lipinski definition) is 2. The number of halogens is 1. The monoisotopic (exact) mass is 617 g/mol. The molecule has 0 aliphatic carbocycles. The maximum absolute atomic E-state index is 11.8. The van der Waals surface area contributed by atoms with Crippen molar-refractivity contribution in [1.29, 1.82) is 0 Å². The van der Waals surface area contributed by atoms with Crippen LogP contribution in [-0.4, -0.2) is 40.7 Å². The van der Waals surface area contributed by atoms with E-state index in [1.165, 1.54) is 0 Å². The minimum Gasteiger partial charge on any atom is -0.487 e. The number of aliphatic hydroxyl groups is 1. The molecule has 0 spiro atoms. The molecule has 2 N–H and O–H groups in total. The van der Waals surface area contributed by atoms with Crippen LogP contribution in [0.2, 0.25) is 0 Å². The van der Waals surface area contributed by atoms with Crippen molar-refractivity contribution in [3.8, 4) is 11.5 Å². The fraction of sp³-hybridized carbons (Fsp3) is 0.382. The van der Waals surface area contributed by atoms with E-state index < -0.39 is 5.60 Å². The predicted molar refractivity (Wildman–Crippen MR) is 168 cm³/mol. The van der Waals surface area contributed by atoms with E-state index in [0.29, 0.717) is 24.7 Å². The number of piperidine rings is 1. The van der Waals surface area contributed by atoms with Crippen LogP contribution in [0.1, 0.15) is 62.9 Å². The molecule has 1 atom stereocenters. The third-order valence-corrected chi connectivity index (χ3v) is 8.65. The number of pyridine rings is 1. The van der Waals surface area contributed by atoms with E-state index in [2.05, 4.69) is 77.5 Å². The van der Waals surface area contributed by atoms with E-state index in [1.807, 2.05) is 54.7 Å². The van der Waals surface area contributed by atoms with E-state index in [0.717, 1.165) is 64.2 Å². The number of benzene rings is 2. The highest BCUT2D eigenvalue weighted by atomic mass is 79.9. The van der Waals surface area contributed by atoms with Gasteiger partial charge in [0, 0.05) is 52.9 Å². The largest absolute Gasteiger partial charge is 0.487 e. The van der Waals surface area contributed by atoms with Crippen molar-refractivity contribution < 1.29 is 14.6 Å². The molecule has 1 saturated heterocycles. The Morgan fingerprint density at radius 1 is 1.20 bits per heavy atom. The lowest BCUT2D eigenvalue weighted by molar-refractivity contribution is -0.125. The fourth-order valence-corrected chi connectivity index (χ4v) is 6.25. The highest BCUT2D eigenvalue weighted by Crippen LogP contribution is 2.46. The first-order chi connectivity index (χ1) is 19.6. The van der Waals surface area contributed by atoms with E-state index >= 15 is 0 Å². The highest BCUT2D eigenvalue weighted by molar-refractivity contribution is 9.10. The minimum absolute atomic E-state index is 0.227. The summed E-state index contributed by atoms with van der Waals surface area (Å²) in [6, 6.07) is 18.3. The molecule has 2 aliphatic heterocycles. The average molecular weight is 619 g/mol. The molecule has 7 heteroatoms. The van der Waals surface area contributed by atoms with Crippen LogP contribution in [-0.2, 0) is 12.2 Å². The van der Waals surface area contributed by atoms with Gasteiger partial charge in [-0.3, -0.25) is 4.98 Å². The summed E-state index contributed by atoms with van der Waals surface area (Å²) in [5, 5.41) is 15.0. The van der Waals surface area contributed by atoms with E-state index in [-0.39, 0.29) is 11.5 Å². The summed E-state index contributed by atoms with van der Waals surface area (Å²) in [4.78, 5) is 7.08. The molecule has 3 heterocycles. The maximum atomic E-state index is 11.8. The summed E-state index contributed by atoms with van der Waals surface area (Å²) in [6.45, 7) is 15.4. The lowest BCUT2D eigenvalue weighted by Crippen LogP contribution is -2.55. The van der Waals surface area contributed by atoms with Crippen LogP contribution in [0.25, 0.3) is 5.57 Å². The van der Waals surface area contributed by atoms with Crippen LogP contribution in [0.3, 0.4) is 0 Å². The zero-order chi connectivity index (χ0) is 29.2. The first-order valence-electron chi connectivity index (χ1n) is 14.3. The molecule has 216 valence electrons. The van der Waals surface area contributed by atoms with Crippen molar-refractivity contribution in [2.75, 3.05) is 19.6 Å². The fourth-order valence-electron chi connectivity index (χ4n) is 5.98. The highest BCUT2D eigenvalue weighted by Gasteiger charge is 2.48. The van der Waals surface area contributed by atoms with E-state index in [4.69, 9.17) is 9.47 Å². The summed E-state index contributed by atoms with van der Waals surface area (Å²) in [5.41, 5.74) is 3.88. The zero-order valence-corrected chi connectivity index (χ0v) is 26.0. The molecule has 0 unspecified atom stereocenters. The molecule has 2 aliphatic rings. The third-order valence-electron chi connectivity index (χ3n) is 8.12. The van der Waals surface area contributed by atoms with Crippen LogP contribution in [0, 0.1) is 5.41 Å². The number of likely N-dealkylation sites (tertiary alicyclic amines) is 1. The Morgan fingerprint density at radius 3 is 2.71 bits per heavy atom. The molecule has 5 rings (SSSR count). The van der Waals surface area contributed by atoms with Gasteiger partial charge in [0.25, 0.3) is 0 Å². The number of aromatic nitrogens is 1. The second-order valence-corrected chi connectivity index (χ2v) is 12.9. The molecule has 0 saturated carbocycles. The molecule has 6 nitrogen and oxygen atoms in total. The minimum atomic E-state index is -0.865. The molecular formula is C34H40BrN3O3. The average Bonchev–Trinajstić information content (AvgIpc) is 3.07. The van der Waals surface area contributed by atoms with Gasteiger partial charge in [0.2, 0.25) is 0 Å². The number of ether oxygens (including phenoxy) is 2. The summed E-state index contributed by atoms with van der Waals surface area (Å²) < 4.78 is 13.2. The Hall–Kier alpha value is -3.13. The van der Waals surface area contributed by atoms with Crippen molar-refractivity contribution >= 4 is 21.5 Å². The molecule has 0 radical (unpaired) electrons. The molecule has 2 aromatic carbocycles. The van der Waals surface area contributed by atoms with Crippen LogP contribution in [0.15, 0.2) is 83.8 Å². The van der Waals surface area contributed by atoms with Gasteiger partial charge in [0.05, 0.1) is 11.3 Å². The van der Waals surface area contributed by atoms with E-state index in [1.54, 1.807) is 0 Å². The van der Waals surface area contributed by atoms with Gasteiger partial charge in [-0.1, -0.05) is 54.1 Å². The first-order valence-corrected chi connectivity index (χ1v) is 15.1. The van der Waals surface area contributed by atoms with Crippen LogP contribution in [0.4, 0.5) is 0 Å².